The van der Waals surface area contributed by atoms with E-state index < -0.39 is 12.1 Å². The number of hydrogen-bond donors (Lipinski definition) is 4. The summed E-state index contributed by atoms with van der Waals surface area (Å²) < 4.78 is 33.7. The van der Waals surface area contributed by atoms with Crippen molar-refractivity contribution in [2.45, 2.75) is 19.6 Å². The molecule has 0 aliphatic rings. The maximum Gasteiger partial charge on any atom is 0.490 e. The molecule has 4 rings (SSSR count). The molecular weight excluding hydrogens is 443 g/mol. The fourth-order valence-corrected chi connectivity index (χ4v) is 2.67. The number of benzene rings is 1. The molecule has 5 N–H and O–H groups in total. The first-order valence-corrected chi connectivity index (χ1v) is 9.35. The van der Waals surface area contributed by atoms with Crippen LogP contribution in [0.15, 0.2) is 48.8 Å². The van der Waals surface area contributed by atoms with Gasteiger partial charge in [0.25, 0.3) is 5.91 Å². The summed E-state index contributed by atoms with van der Waals surface area (Å²) in [6, 6.07) is 10.8. The van der Waals surface area contributed by atoms with Crippen molar-refractivity contribution < 1.29 is 27.9 Å². The van der Waals surface area contributed by atoms with Crippen molar-refractivity contribution in [1.82, 2.24) is 24.6 Å². The zero-order chi connectivity index (χ0) is 24.2. The average molecular weight is 461 g/mol. The molecule has 0 saturated heterocycles. The number of aryl methyl sites for hydroxylation is 1. The minimum absolute atomic E-state index is 0.191. The topological polar surface area (TPSA) is 151 Å². The Kier molecular flexibility index (Phi) is 6.72. The van der Waals surface area contributed by atoms with Gasteiger partial charge in [-0.1, -0.05) is 0 Å². The van der Waals surface area contributed by atoms with Gasteiger partial charge in [0.2, 0.25) is 0 Å². The standard InChI is InChI=1S/C18H17N7O.C2HF3O2/c1-11-10-20-16-8-13(6-7-25(11)16)18(26)21-14-4-2-12(3-5-14)17-22-15(9-19)23-24-17;3-2(4,5)1(6)7/h2-8,10H,9,19H2,1H3,(H,21,26)(H,22,23,24);(H,6,7). The molecule has 0 saturated carbocycles. The molecule has 0 spiro atoms. The number of aromatic amines is 1. The van der Waals surface area contributed by atoms with E-state index in [2.05, 4.69) is 25.5 Å². The molecule has 13 heteroatoms. The second-order valence-corrected chi connectivity index (χ2v) is 6.69. The van der Waals surface area contributed by atoms with Crippen LogP contribution in [0.25, 0.3) is 17.0 Å². The summed E-state index contributed by atoms with van der Waals surface area (Å²) in [7, 11) is 0. The molecule has 1 aromatic carbocycles. The number of amides is 1. The lowest BCUT2D eigenvalue weighted by Gasteiger charge is -2.06. The van der Waals surface area contributed by atoms with Crippen LogP contribution in [0, 0.1) is 6.92 Å². The lowest BCUT2D eigenvalue weighted by Crippen LogP contribution is -2.21. The molecule has 4 aromatic rings. The van der Waals surface area contributed by atoms with Gasteiger partial charge in [-0.2, -0.15) is 18.3 Å². The number of carboxylic acids is 1. The minimum Gasteiger partial charge on any atom is -0.475 e. The average Bonchev–Trinajstić information content (AvgIpc) is 3.41. The second-order valence-electron chi connectivity index (χ2n) is 6.69. The number of rotatable bonds is 4. The van der Waals surface area contributed by atoms with Crippen molar-refractivity contribution in [3.8, 4) is 11.4 Å². The molecule has 0 fully saturated rings. The van der Waals surface area contributed by atoms with E-state index >= 15 is 0 Å². The van der Waals surface area contributed by atoms with Crippen molar-refractivity contribution >= 4 is 23.2 Å². The summed E-state index contributed by atoms with van der Waals surface area (Å²) in [5.74, 6) is -1.75. The molecule has 0 radical (unpaired) electrons. The van der Waals surface area contributed by atoms with E-state index in [1.807, 2.05) is 41.8 Å². The number of fused-ring (bicyclic) bond motifs is 1. The highest BCUT2D eigenvalue weighted by atomic mass is 19.4. The number of aliphatic carboxylic acids is 1. The van der Waals surface area contributed by atoms with Gasteiger partial charge in [0.15, 0.2) is 5.82 Å². The zero-order valence-electron chi connectivity index (χ0n) is 17.1. The number of imidazole rings is 1. The van der Waals surface area contributed by atoms with Crippen molar-refractivity contribution in [2.24, 2.45) is 5.73 Å². The Morgan fingerprint density at radius 3 is 2.45 bits per heavy atom. The number of H-pyrrole nitrogens is 1. The molecule has 0 aliphatic carbocycles. The van der Waals surface area contributed by atoms with Gasteiger partial charge in [0.05, 0.1) is 6.54 Å². The van der Waals surface area contributed by atoms with E-state index in [1.54, 1.807) is 18.3 Å². The largest absolute Gasteiger partial charge is 0.490 e. The number of carbonyl (C=O) groups is 2. The number of carbonyl (C=O) groups excluding carboxylic acids is 1. The van der Waals surface area contributed by atoms with Crippen LogP contribution < -0.4 is 11.1 Å². The molecular formula is C20H18F3N7O3. The normalized spacial score (nSPS) is 11.1. The number of nitrogens with two attached hydrogens (primary N) is 1. The van der Waals surface area contributed by atoms with E-state index in [4.69, 9.17) is 15.6 Å². The van der Waals surface area contributed by atoms with Gasteiger partial charge in [0.1, 0.15) is 11.5 Å². The van der Waals surface area contributed by atoms with Gasteiger partial charge in [-0.3, -0.25) is 9.89 Å². The number of pyridine rings is 1. The molecule has 0 unspecified atom stereocenters. The minimum atomic E-state index is -5.08. The third-order valence-corrected chi connectivity index (χ3v) is 4.33. The Balaban J connectivity index is 0.000000383. The number of aromatic nitrogens is 5. The van der Waals surface area contributed by atoms with Crippen molar-refractivity contribution in [1.29, 1.82) is 0 Å². The van der Waals surface area contributed by atoms with E-state index in [0.29, 0.717) is 29.4 Å². The first kappa shape index (κ1) is 23.4. The Hall–Kier alpha value is -4.26. The SMILES string of the molecule is Cc1cnc2cc(C(=O)Nc3ccc(-c4n[nH]c(CN)n4)cc3)ccn12.O=C(O)C(F)(F)F. The summed E-state index contributed by atoms with van der Waals surface area (Å²) in [4.78, 5) is 29.9. The predicted octanol–water partition coefficient (Wildman–Crippen LogP) is 2.77. The lowest BCUT2D eigenvalue weighted by atomic mass is 10.2. The first-order valence-electron chi connectivity index (χ1n) is 9.35. The number of nitrogens with zero attached hydrogens (tertiary/aromatic N) is 4. The Labute approximate surface area is 184 Å². The Bertz CT molecular complexity index is 1280. The van der Waals surface area contributed by atoms with Gasteiger partial charge in [-0.05, 0) is 43.3 Å². The predicted molar refractivity (Wildman–Crippen MR) is 111 cm³/mol. The number of nitrogens with one attached hydrogen (secondary N) is 2. The van der Waals surface area contributed by atoms with E-state index in [0.717, 1.165) is 16.9 Å². The molecule has 10 nitrogen and oxygen atoms in total. The Morgan fingerprint density at radius 1 is 1.21 bits per heavy atom. The van der Waals surface area contributed by atoms with Gasteiger partial charge >= 0.3 is 12.1 Å². The lowest BCUT2D eigenvalue weighted by molar-refractivity contribution is -0.192. The number of hydrogen-bond acceptors (Lipinski definition) is 6. The zero-order valence-corrected chi connectivity index (χ0v) is 17.1. The van der Waals surface area contributed by atoms with Crippen molar-refractivity contribution in [3.05, 3.63) is 65.9 Å². The fraction of sp³-hybridized carbons (Fsp3) is 0.150. The van der Waals surface area contributed by atoms with E-state index in [1.165, 1.54) is 0 Å². The Morgan fingerprint density at radius 2 is 1.88 bits per heavy atom. The molecule has 0 aliphatic heterocycles. The summed E-state index contributed by atoms with van der Waals surface area (Å²) >= 11 is 0. The summed E-state index contributed by atoms with van der Waals surface area (Å²) in [5.41, 5.74) is 9.36. The monoisotopic (exact) mass is 461 g/mol. The third kappa shape index (κ3) is 5.71. The number of anilines is 1. The molecule has 0 bridgehead atoms. The molecule has 172 valence electrons. The van der Waals surface area contributed by atoms with Crippen LogP contribution in [0.2, 0.25) is 0 Å². The van der Waals surface area contributed by atoms with Crippen molar-refractivity contribution in [2.75, 3.05) is 5.32 Å². The van der Waals surface area contributed by atoms with Crippen LogP contribution >= 0.6 is 0 Å². The maximum absolute atomic E-state index is 12.5. The quantitative estimate of drug-likeness (QED) is 0.365. The highest BCUT2D eigenvalue weighted by molar-refractivity contribution is 6.04. The fourth-order valence-electron chi connectivity index (χ4n) is 2.67. The van der Waals surface area contributed by atoms with E-state index in [-0.39, 0.29) is 5.91 Å². The summed E-state index contributed by atoms with van der Waals surface area (Å²) in [5, 5.41) is 16.9. The van der Waals surface area contributed by atoms with Crippen LogP contribution in [0.5, 0.6) is 0 Å². The van der Waals surface area contributed by atoms with Crippen molar-refractivity contribution in [3.63, 3.8) is 0 Å². The van der Waals surface area contributed by atoms with Crippen LogP contribution in [-0.4, -0.2) is 47.7 Å². The number of carboxylic acid groups (broad SMARTS) is 1. The van der Waals surface area contributed by atoms with Crippen LogP contribution in [0.3, 0.4) is 0 Å². The molecule has 1 amide bonds. The maximum atomic E-state index is 12.5. The second kappa shape index (κ2) is 9.48. The number of alkyl halides is 3. The van der Waals surface area contributed by atoms with Gasteiger partial charge in [0, 0.05) is 34.9 Å². The molecule has 3 aromatic heterocycles. The molecule has 0 atom stereocenters. The summed E-state index contributed by atoms with van der Waals surface area (Å²) in [6.45, 7) is 2.27. The smallest absolute Gasteiger partial charge is 0.475 e. The first-order chi connectivity index (χ1) is 15.6. The molecule has 33 heavy (non-hydrogen) atoms. The van der Waals surface area contributed by atoms with Crippen LogP contribution in [-0.2, 0) is 11.3 Å². The molecule has 3 heterocycles. The third-order valence-electron chi connectivity index (χ3n) is 4.33. The van der Waals surface area contributed by atoms with Gasteiger partial charge in [-0.15, -0.1) is 0 Å². The van der Waals surface area contributed by atoms with E-state index in [9.17, 15) is 18.0 Å². The van der Waals surface area contributed by atoms with Crippen LogP contribution in [0.4, 0.5) is 18.9 Å². The van der Waals surface area contributed by atoms with Crippen LogP contribution in [0.1, 0.15) is 21.9 Å². The van der Waals surface area contributed by atoms with Gasteiger partial charge in [-0.25, -0.2) is 14.8 Å². The highest BCUT2D eigenvalue weighted by Crippen LogP contribution is 2.19. The summed E-state index contributed by atoms with van der Waals surface area (Å²) in [6.07, 6.45) is -1.47. The number of halogens is 3. The van der Waals surface area contributed by atoms with Gasteiger partial charge < -0.3 is 20.6 Å². The highest BCUT2D eigenvalue weighted by Gasteiger charge is 2.38.